The third kappa shape index (κ3) is 3.45. The van der Waals surface area contributed by atoms with Crippen molar-refractivity contribution in [3.05, 3.63) is 74.2 Å². The van der Waals surface area contributed by atoms with Gasteiger partial charge < -0.3 is 9.30 Å². The van der Waals surface area contributed by atoms with E-state index >= 15 is 0 Å². The molecule has 0 N–H and O–H groups in total. The van der Waals surface area contributed by atoms with Crippen LogP contribution in [-0.4, -0.2) is 35.7 Å². The molecule has 0 saturated carbocycles. The Morgan fingerprint density at radius 3 is 2.50 bits per heavy atom. The molecule has 0 unspecified atom stereocenters. The summed E-state index contributed by atoms with van der Waals surface area (Å²) in [5.74, 6) is 0.0326. The molecule has 0 aliphatic heterocycles. The number of rotatable bonds is 6. The molecule has 0 spiro atoms. The fourth-order valence-corrected chi connectivity index (χ4v) is 3.86. The molecule has 0 fully saturated rings. The second kappa shape index (κ2) is 8.33. The predicted octanol–water partition coefficient (Wildman–Crippen LogP) is 2.04. The van der Waals surface area contributed by atoms with Crippen LogP contribution in [0.1, 0.15) is 23.9 Å². The van der Waals surface area contributed by atoms with Crippen LogP contribution in [0.25, 0.3) is 23.0 Å². The van der Waals surface area contributed by atoms with Crippen LogP contribution in [0.3, 0.4) is 0 Å². The van der Waals surface area contributed by atoms with E-state index in [1.54, 1.807) is 29.0 Å². The van der Waals surface area contributed by atoms with Gasteiger partial charge in [-0.15, -0.1) is 0 Å². The van der Waals surface area contributed by atoms with E-state index in [0.29, 0.717) is 11.3 Å². The number of aromatic nitrogens is 5. The lowest BCUT2D eigenvalue weighted by molar-refractivity contribution is -0.143. The summed E-state index contributed by atoms with van der Waals surface area (Å²) >= 11 is 0. The van der Waals surface area contributed by atoms with Gasteiger partial charge in [0, 0.05) is 25.0 Å². The fourth-order valence-electron chi connectivity index (χ4n) is 3.86. The first-order valence-electron chi connectivity index (χ1n) is 10.4. The summed E-state index contributed by atoms with van der Waals surface area (Å²) in [6, 6.07) is 9.66. The van der Waals surface area contributed by atoms with E-state index in [1.165, 1.54) is 9.13 Å². The maximum Gasteiger partial charge on any atom is 0.332 e. The average Bonchev–Trinajstić information content (AvgIpc) is 3.27. The summed E-state index contributed by atoms with van der Waals surface area (Å²) in [5.41, 5.74) is 2.25. The normalized spacial score (nSPS) is 11.8. The zero-order valence-electron chi connectivity index (χ0n) is 18.5. The van der Waals surface area contributed by atoms with Crippen molar-refractivity contribution in [3.63, 3.8) is 0 Å². The SMILES string of the molecule is CCOC(=O)Cn1c(C)c(C)n2c3c(=O)n(C/C=C/c4ccccc4)c(=O)n(C)c3nc12. The number of aryl methyl sites for hydroxylation is 2. The van der Waals surface area contributed by atoms with Crippen LogP contribution in [0.2, 0.25) is 0 Å². The van der Waals surface area contributed by atoms with Crippen LogP contribution in [0.5, 0.6) is 0 Å². The lowest BCUT2D eigenvalue weighted by Crippen LogP contribution is -2.39. The van der Waals surface area contributed by atoms with E-state index in [9.17, 15) is 14.4 Å². The molecule has 0 atom stereocenters. The summed E-state index contributed by atoms with van der Waals surface area (Å²) in [4.78, 5) is 42.9. The molecule has 0 aliphatic carbocycles. The second-order valence-corrected chi connectivity index (χ2v) is 7.55. The average molecular weight is 435 g/mol. The highest BCUT2D eigenvalue weighted by molar-refractivity contribution is 5.77. The fraction of sp³-hybridized carbons (Fsp3) is 0.304. The van der Waals surface area contributed by atoms with Gasteiger partial charge >= 0.3 is 11.7 Å². The van der Waals surface area contributed by atoms with Crippen molar-refractivity contribution >= 4 is 29.0 Å². The number of ether oxygens (including phenoxy) is 1. The van der Waals surface area contributed by atoms with Gasteiger partial charge in [0.25, 0.3) is 5.56 Å². The van der Waals surface area contributed by atoms with Gasteiger partial charge in [0.05, 0.1) is 6.61 Å². The third-order valence-corrected chi connectivity index (χ3v) is 5.62. The predicted molar refractivity (Wildman–Crippen MR) is 122 cm³/mol. The summed E-state index contributed by atoms with van der Waals surface area (Å²) < 4.78 is 11.0. The maximum absolute atomic E-state index is 13.4. The zero-order chi connectivity index (χ0) is 23.0. The van der Waals surface area contributed by atoms with Crippen LogP contribution in [0, 0.1) is 13.8 Å². The summed E-state index contributed by atoms with van der Waals surface area (Å²) in [6.07, 6.45) is 3.65. The smallest absolute Gasteiger partial charge is 0.332 e. The summed E-state index contributed by atoms with van der Waals surface area (Å²) in [7, 11) is 1.59. The van der Waals surface area contributed by atoms with Gasteiger partial charge in [-0.2, -0.15) is 4.98 Å². The molecule has 0 bridgehead atoms. The molecular formula is C23H25N5O4. The molecule has 0 radical (unpaired) electrons. The van der Waals surface area contributed by atoms with Crippen molar-refractivity contribution in [2.24, 2.45) is 7.05 Å². The van der Waals surface area contributed by atoms with Gasteiger partial charge in [0.1, 0.15) is 6.54 Å². The Morgan fingerprint density at radius 1 is 1.09 bits per heavy atom. The molecule has 4 rings (SSSR count). The first-order valence-corrected chi connectivity index (χ1v) is 10.4. The van der Waals surface area contributed by atoms with Gasteiger partial charge in [-0.05, 0) is 26.3 Å². The molecule has 9 nitrogen and oxygen atoms in total. The number of fused-ring (bicyclic) bond motifs is 3. The first kappa shape index (κ1) is 21.4. The molecule has 4 aromatic rings. The van der Waals surface area contributed by atoms with E-state index in [0.717, 1.165) is 17.0 Å². The Morgan fingerprint density at radius 2 is 1.81 bits per heavy atom. The van der Waals surface area contributed by atoms with Gasteiger partial charge in [0.2, 0.25) is 5.78 Å². The zero-order valence-corrected chi connectivity index (χ0v) is 18.5. The van der Waals surface area contributed by atoms with E-state index in [4.69, 9.17) is 4.74 Å². The first-order chi connectivity index (χ1) is 15.3. The molecule has 0 saturated heterocycles. The Hall–Kier alpha value is -3.88. The number of hydrogen-bond donors (Lipinski definition) is 0. The second-order valence-electron chi connectivity index (χ2n) is 7.55. The highest BCUT2D eigenvalue weighted by Crippen LogP contribution is 2.20. The van der Waals surface area contributed by atoms with Crippen LogP contribution in [0.4, 0.5) is 0 Å². The largest absolute Gasteiger partial charge is 0.465 e. The van der Waals surface area contributed by atoms with Crippen LogP contribution >= 0.6 is 0 Å². The van der Waals surface area contributed by atoms with Crippen LogP contribution in [0.15, 0.2) is 46.0 Å². The highest BCUT2D eigenvalue weighted by atomic mass is 16.5. The minimum atomic E-state index is -0.452. The van der Waals surface area contributed by atoms with E-state index in [1.807, 2.05) is 50.3 Å². The third-order valence-electron chi connectivity index (χ3n) is 5.62. The minimum absolute atomic E-state index is 0.0255. The Kier molecular flexibility index (Phi) is 5.56. The van der Waals surface area contributed by atoms with Crippen molar-refractivity contribution in [1.29, 1.82) is 0 Å². The molecule has 0 amide bonds. The molecule has 0 aliphatic rings. The van der Waals surface area contributed by atoms with E-state index < -0.39 is 17.2 Å². The number of allylic oxidation sites excluding steroid dienone is 1. The molecular weight excluding hydrogens is 410 g/mol. The van der Waals surface area contributed by atoms with Crippen molar-refractivity contribution < 1.29 is 9.53 Å². The molecule has 32 heavy (non-hydrogen) atoms. The molecule has 3 aromatic heterocycles. The van der Waals surface area contributed by atoms with Gasteiger partial charge in [-0.1, -0.05) is 42.5 Å². The van der Waals surface area contributed by atoms with E-state index in [2.05, 4.69) is 4.98 Å². The quantitative estimate of drug-likeness (QED) is 0.432. The lowest BCUT2D eigenvalue weighted by Gasteiger charge is -2.07. The number of carbonyl (C=O) groups excluding carboxylic acids is 1. The van der Waals surface area contributed by atoms with Crippen molar-refractivity contribution in [3.8, 4) is 0 Å². The molecule has 166 valence electrons. The van der Waals surface area contributed by atoms with Gasteiger partial charge in [-0.25, -0.2) is 4.79 Å². The van der Waals surface area contributed by atoms with Crippen LogP contribution < -0.4 is 11.2 Å². The number of hydrogen-bond acceptors (Lipinski definition) is 5. The van der Waals surface area contributed by atoms with Crippen molar-refractivity contribution in [2.45, 2.75) is 33.9 Å². The number of esters is 1. The number of benzene rings is 1. The Labute approximate surface area is 183 Å². The van der Waals surface area contributed by atoms with Gasteiger partial charge in [-0.3, -0.25) is 23.1 Å². The van der Waals surface area contributed by atoms with E-state index in [-0.39, 0.29) is 25.3 Å². The molecule has 1 aromatic carbocycles. The van der Waals surface area contributed by atoms with Gasteiger partial charge in [0.15, 0.2) is 11.2 Å². The van der Waals surface area contributed by atoms with Crippen molar-refractivity contribution in [2.75, 3.05) is 6.61 Å². The molecule has 9 heteroatoms. The molecule has 3 heterocycles. The summed E-state index contributed by atoms with van der Waals surface area (Å²) in [6.45, 7) is 5.84. The van der Waals surface area contributed by atoms with Crippen molar-refractivity contribution in [1.82, 2.24) is 23.1 Å². The van der Waals surface area contributed by atoms with Crippen LogP contribution in [-0.2, 0) is 29.7 Å². The summed E-state index contributed by atoms with van der Waals surface area (Å²) in [5, 5.41) is 0. The monoisotopic (exact) mass is 435 g/mol. The Balaban J connectivity index is 1.87. The Bertz CT molecular complexity index is 1470. The standard InChI is InChI=1S/C23H25N5O4/c1-5-32-18(29)14-27-15(2)16(3)28-19-20(24-22(27)28)25(4)23(31)26(21(19)30)13-9-12-17-10-7-6-8-11-17/h6-12H,5,13-14H2,1-4H3/b12-9+. The number of carbonyl (C=O) groups is 1. The highest BCUT2D eigenvalue weighted by Gasteiger charge is 2.23. The topological polar surface area (TPSA) is 92.5 Å². The number of nitrogens with zero attached hydrogens (tertiary/aromatic N) is 5. The minimum Gasteiger partial charge on any atom is -0.465 e. The number of imidazole rings is 2. The lowest BCUT2D eigenvalue weighted by atomic mass is 10.2. The maximum atomic E-state index is 13.4.